The molecule has 0 atom stereocenters. The van der Waals surface area contributed by atoms with Crippen LogP contribution in [0.3, 0.4) is 0 Å². The number of nitrogens with zero attached hydrogens (tertiary/aromatic N) is 2. The number of aliphatic hydroxyl groups excluding tert-OH is 1. The Labute approximate surface area is 140 Å². The Bertz CT molecular complexity index is 799. The van der Waals surface area contributed by atoms with Crippen molar-refractivity contribution in [2.45, 2.75) is 13.8 Å². The molecule has 1 aromatic heterocycles. The van der Waals surface area contributed by atoms with E-state index in [1.54, 1.807) is 0 Å². The number of hydrogen-bond donors (Lipinski definition) is 2. The fourth-order valence-electron chi connectivity index (χ4n) is 2.83. The predicted molar refractivity (Wildman–Crippen MR) is 90.8 cm³/mol. The minimum Gasteiger partial charge on any atom is -0.395 e. The van der Waals surface area contributed by atoms with Gasteiger partial charge in [0.15, 0.2) is 0 Å². The van der Waals surface area contributed by atoms with Crippen LogP contribution in [-0.2, 0) is 9.59 Å². The van der Waals surface area contributed by atoms with Gasteiger partial charge in [0.2, 0.25) is 0 Å². The Hall–Kier alpha value is -2.86. The normalized spacial score (nSPS) is 14.3. The zero-order valence-corrected chi connectivity index (χ0v) is 13.6. The highest BCUT2D eigenvalue weighted by Gasteiger charge is 2.30. The summed E-state index contributed by atoms with van der Waals surface area (Å²) in [5.74, 6) is -0.831. The molecule has 2 aromatic rings. The topological polar surface area (TPSA) is 74.6 Å². The zero-order chi connectivity index (χ0) is 17.3. The van der Waals surface area contributed by atoms with Crippen molar-refractivity contribution in [1.82, 2.24) is 9.47 Å². The molecule has 0 unspecified atom stereocenters. The van der Waals surface area contributed by atoms with E-state index in [0.717, 1.165) is 27.7 Å². The van der Waals surface area contributed by atoms with Gasteiger partial charge in [-0.15, -0.1) is 0 Å². The van der Waals surface area contributed by atoms with Gasteiger partial charge in [0.1, 0.15) is 5.70 Å². The van der Waals surface area contributed by atoms with E-state index in [9.17, 15) is 9.59 Å². The molecular formula is C18H19N3O3. The summed E-state index contributed by atoms with van der Waals surface area (Å²) in [4.78, 5) is 24.9. The molecule has 0 saturated carbocycles. The van der Waals surface area contributed by atoms with Gasteiger partial charge in [0, 0.05) is 28.8 Å². The highest BCUT2D eigenvalue weighted by atomic mass is 16.3. The highest BCUT2D eigenvalue weighted by Crippen LogP contribution is 2.21. The van der Waals surface area contributed by atoms with Crippen LogP contribution in [0, 0.1) is 13.8 Å². The first-order valence-corrected chi connectivity index (χ1v) is 7.72. The minimum absolute atomic E-state index is 0.00443. The lowest BCUT2D eigenvalue weighted by atomic mass is 10.2. The lowest BCUT2D eigenvalue weighted by Gasteiger charge is -2.14. The molecule has 0 saturated heterocycles. The van der Waals surface area contributed by atoms with Gasteiger partial charge in [-0.3, -0.25) is 14.5 Å². The molecule has 2 amide bonds. The monoisotopic (exact) mass is 325 g/mol. The van der Waals surface area contributed by atoms with Crippen molar-refractivity contribution in [3.05, 3.63) is 59.6 Å². The maximum atomic E-state index is 12.1. The fraction of sp³-hybridized carbons (Fsp3) is 0.222. The first-order valence-electron chi connectivity index (χ1n) is 7.72. The number of β-amino-alcohol motifs (C(OH)–C–C–N with tert-alkyl or cyclic N) is 1. The van der Waals surface area contributed by atoms with Crippen LogP contribution in [0.1, 0.15) is 11.4 Å². The number of benzene rings is 1. The highest BCUT2D eigenvalue weighted by molar-refractivity contribution is 6.17. The van der Waals surface area contributed by atoms with Gasteiger partial charge >= 0.3 is 0 Å². The molecule has 1 aliphatic heterocycles. The van der Waals surface area contributed by atoms with Crippen molar-refractivity contribution in [2.75, 3.05) is 18.5 Å². The second-order valence-corrected chi connectivity index (χ2v) is 5.70. The molecule has 3 rings (SSSR count). The molecular weight excluding hydrogens is 306 g/mol. The van der Waals surface area contributed by atoms with E-state index in [1.165, 1.54) is 6.08 Å². The Balaban J connectivity index is 1.77. The SMILES string of the molecule is Cc1ccc(C)n1-c1ccc(NC2=CC(=O)N(CCO)C2=O)cc1. The molecule has 0 aliphatic carbocycles. The van der Waals surface area contributed by atoms with Gasteiger partial charge in [-0.2, -0.15) is 0 Å². The summed E-state index contributed by atoms with van der Waals surface area (Å²) in [5, 5.41) is 11.9. The summed E-state index contributed by atoms with van der Waals surface area (Å²) in [5.41, 5.74) is 4.26. The zero-order valence-electron chi connectivity index (χ0n) is 13.6. The van der Waals surface area contributed by atoms with Crippen molar-refractivity contribution in [3.8, 4) is 5.69 Å². The van der Waals surface area contributed by atoms with E-state index in [-0.39, 0.29) is 18.8 Å². The second kappa shape index (κ2) is 6.33. The second-order valence-electron chi connectivity index (χ2n) is 5.70. The average Bonchev–Trinajstić information content (AvgIpc) is 3.03. The van der Waals surface area contributed by atoms with E-state index >= 15 is 0 Å². The molecule has 0 bridgehead atoms. The van der Waals surface area contributed by atoms with E-state index in [4.69, 9.17) is 5.11 Å². The number of carbonyl (C=O) groups excluding carboxylic acids is 2. The van der Waals surface area contributed by atoms with E-state index in [2.05, 4.69) is 22.0 Å². The molecule has 0 spiro atoms. The Kier molecular flexibility index (Phi) is 4.22. The number of aromatic nitrogens is 1. The third kappa shape index (κ3) is 2.83. The summed E-state index contributed by atoms with van der Waals surface area (Å²) in [6.45, 7) is 3.85. The molecule has 2 N–H and O–H groups in total. The number of anilines is 1. The van der Waals surface area contributed by atoms with Crippen LogP contribution >= 0.6 is 0 Å². The van der Waals surface area contributed by atoms with Crippen molar-refractivity contribution in [2.24, 2.45) is 0 Å². The molecule has 2 heterocycles. The van der Waals surface area contributed by atoms with Crippen molar-refractivity contribution < 1.29 is 14.7 Å². The summed E-state index contributed by atoms with van der Waals surface area (Å²) >= 11 is 0. The molecule has 0 fully saturated rings. The van der Waals surface area contributed by atoms with Crippen LogP contribution in [-0.4, -0.2) is 39.5 Å². The number of aliphatic hydroxyl groups is 1. The summed E-state index contributed by atoms with van der Waals surface area (Å²) < 4.78 is 2.14. The largest absolute Gasteiger partial charge is 0.395 e. The first kappa shape index (κ1) is 16.0. The summed E-state index contributed by atoms with van der Waals surface area (Å²) in [6, 6.07) is 11.8. The third-order valence-electron chi connectivity index (χ3n) is 4.01. The number of amides is 2. The van der Waals surface area contributed by atoms with Gasteiger partial charge in [-0.05, 0) is 50.2 Å². The molecule has 1 aromatic carbocycles. The van der Waals surface area contributed by atoms with Crippen LogP contribution in [0.2, 0.25) is 0 Å². The van der Waals surface area contributed by atoms with Crippen molar-refractivity contribution >= 4 is 17.5 Å². The number of hydrogen-bond acceptors (Lipinski definition) is 4. The maximum absolute atomic E-state index is 12.1. The molecule has 6 nitrogen and oxygen atoms in total. The maximum Gasteiger partial charge on any atom is 0.277 e. The van der Waals surface area contributed by atoms with Crippen LogP contribution in [0.15, 0.2) is 48.2 Å². The van der Waals surface area contributed by atoms with Crippen LogP contribution < -0.4 is 5.32 Å². The molecule has 124 valence electrons. The predicted octanol–water partition coefficient (Wildman–Crippen LogP) is 1.75. The minimum atomic E-state index is -0.421. The number of carbonyl (C=O) groups is 2. The van der Waals surface area contributed by atoms with Crippen LogP contribution in [0.4, 0.5) is 5.69 Å². The van der Waals surface area contributed by atoms with Crippen LogP contribution in [0.5, 0.6) is 0 Å². The Morgan fingerprint density at radius 2 is 1.62 bits per heavy atom. The fourth-order valence-corrected chi connectivity index (χ4v) is 2.83. The smallest absolute Gasteiger partial charge is 0.277 e. The number of imide groups is 1. The molecule has 0 radical (unpaired) electrons. The molecule has 24 heavy (non-hydrogen) atoms. The van der Waals surface area contributed by atoms with Crippen molar-refractivity contribution in [1.29, 1.82) is 0 Å². The van der Waals surface area contributed by atoms with Gasteiger partial charge in [-0.1, -0.05) is 0 Å². The quantitative estimate of drug-likeness (QED) is 0.822. The Morgan fingerprint density at radius 3 is 2.21 bits per heavy atom. The van der Waals surface area contributed by atoms with Gasteiger partial charge in [0.05, 0.1) is 13.2 Å². The standard InChI is InChI=1S/C18H19N3O3/c1-12-3-4-13(2)21(12)15-7-5-14(6-8-15)19-16-11-17(23)20(9-10-22)18(16)24/h3-8,11,19,22H,9-10H2,1-2H3. The van der Waals surface area contributed by atoms with Crippen LogP contribution in [0.25, 0.3) is 5.69 Å². The number of aryl methyl sites for hydroxylation is 2. The summed E-state index contributed by atoms with van der Waals surface area (Å²) in [6.07, 6.45) is 1.26. The number of rotatable bonds is 5. The first-order chi connectivity index (χ1) is 11.5. The average molecular weight is 325 g/mol. The summed E-state index contributed by atoms with van der Waals surface area (Å²) in [7, 11) is 0. The van der Waals surface area contributed by atoms with E-state index in [0.29, 0.717) is 0 Å². The molecule has 6 heteroatoms. The van der Waals surface area contributed by atoms with Crippen molar-refractivity contribution in [3.63, 3.8) is 0 Å². The van der Waals surface area contributed by atoms with E-state index < -0.39 is 11.8 Å². The third-order valence-corrected chi connectivity index (χ3v) is 4.01. The Morgan fingerprint density at radius 1 is 1.00 bits per heavy atom. The lowest BCUT2D eigenvalue weighted by molar-refractivity contribution is -0.137. The molecule has 1 aliphatic rings. The van der Waals surface area contributed by atoms with Gasteiger partial charge < -0.3 is 15.0 Å². The number of nitrogens with one attached hydrogen (secondary N) is 1. The van der Waals surface area contributed by atoms with Gasteiger partial charge in [-0.25, -0.2) is 0 Å². The van der Waals surface area contributed by atoms with E-state index in [1.807, 2.05) is 38.1 Å². The van der Waals surface area contributed by atoms with Gasteiger partial charge in [0.25, 0.3) is 11.8 Å². The lowest BCUT2D eigenvalue weighted by Crippen LogP contribution is -2.34.